The number of fused-ring (bicyclic) bond motifs is 1. The Morgan fingerprint density at radius 2 is 1.66 bits per heavy atom. The maximum absolute atomic E-state index is 11.6. The van der Waals surface area contributed by atoms with Crippen molar-refractivity contribution in [2.75, 3.05) is 17.7 Å². The number of para-hydroxylation sites is 1. The van der Waals surface area contributed by atoms with E-state index < -0.39 is 0 Å². The molecule has 4 aromatic rings. The van der Waals surface area contributed by atoms with E-state index in [-0.39, 0.29) is 5.97 Å². The second kappa shape index (κ2) is 7.93. The second-order valence-electron chi connectivity index (χ2n) is 6.39. The SMILES string of the molecule is COC(=O)c1ccc(Nc2cc(Nc3cccc4cccnc34)nc(C)n2)cc1. The fraction of sp³-hybridized carbons (Fsp3) is 0.0909. The number of esters is 1. The van der Waals surface area contributed by atoms with E-state index >= 15 is 0 Å². The van der Waals surface area contributed by atoms with Crippen molar-refractivity contribution in [2.45, 2.75) is 6.92 Å². The van der Waals surface area contributed by atoms with Crippen LogP contribution in [0.4, 0.5) is 23.0 Å². The average molecular weight is 385 g/mol. The minimum Gasteiger partial charge on any atom is -0.465 e. The topological polar surface area (TPSA) is 89.0 Å². The van der Waals surface area contributed by atoms with E-state index in [1.54, 1.807) is 30.5 Å². The van der Waals surface area contributed by atoms with Crippen LogP contribution in [0.25, 0.3) is 10.9 Å². The number of nitrogens with one attached hydrogen (secondary N) is 2. The maximum Gasteiger partial charge on any atom is 0.337 e. The summed E-state index contributed by atoms with van der Waals surface area (Å²) in [7, 11) is 1.36. The quantitative estimate of drug-likeness (QED) is 0.485. The van der Waals surface area contributed by atoms with E-state index in [9.17, 15) is 4.79 Å². The summed E-state index contributed by atoms with van der Waals surface area (Å²) in [4.78, 5) is 24.9. The molecule has 4 rings (SSSR count). The van der Waals surface area contributed by atoms with Gasteiger partial charge in [-0.15, -0.1) is 0 Å². The van der Waals surface area contributed by atoms with E-state index in [2.05, 4.69) is 25.6 Å². The minimum atomic E-state index is -0.371. The molecule has 0 bridgehead atoms. The average Bonchev–Trinajstić information content (AvgIpc) is 2.73. The molecule has 2 aromatic carbocycles. The molecular formula is C22H19N5O2. The van der Waals surface area contributed by atoms with Crippen LogP contribution in [0.1, 0.15) is 16.2 Å². The molecule has 2 aromatic heterocycles. The van der Waals surface area contributed by atoms with Crippen molar-refractivity contribution in [1.82, 2.24) is 15.0 Å². The van der Waals surface area contributed by atoms with E-state index in [0.29, 0.717) is 23.0 Å². The third kappa shape index (κ3) is 4.14. The molecule has 2 N–H and O–H groups in total. The van der Waals surface area contributed by atoms with Crippen LogP contribution in [-0.4, -0.2) is 28.0 Å². The van der Waals surface area contributed by atoms with Crippen molar-refractivity contribution in [3.05, 3.63) is 78.2 Å². The number of rotatable bonds is 5. The van der Waals surface area contributed by atoms with Crippen molar-refractivity contribution in [3.8, 4) is 0 Å². The number of benzene rings is 2. The number of carbonyl (C=O) groups excluding carboxylic acids is 1. The summed E-state index contributed by atoms with van der Waals surface area (Å²) in [6, 6.07) is 18.7. The Bertz CT molecular complexity index is 1170. The molecule has 0 unspecified atom stereocenters. The summed E-state index contributed by atoms with van der Waals surface area (Å²) in [5, 5.41) is 7.61. The minimum absolute atomic E-state index is 0.371. The van der Waals surface area contributed by atoms with E-state index in [1.165, 1.54) is 7.11 Å². The fourth-order valence-corrected chi connectivity index (χ4v) is 2.99. The molecule has 0 amide bonds. The Kier molecular flexibility index (Phi) is 5.03. The van der Waals surface area contributed by atoms with Crippen LogP contribution in [0.5, 0.6) is 0 Å². The number of aryl methyl sites for hydroxylation is 1. The largest absolute Gasteiger partial charge is 0.465 e. The smallest absolute Gasteiger partial charge is 0.337 e. The number of ether oxygens (including phenoxy) is 1. The number of anilines is 4. The Labute approximate surface area is 167 Å². The fourth-order valence-electron chi connectivity index (χ4n) is 2.99. The lowest BCUT2D eigenvalue weighted by atomic mass is 10.2. The summed E-state index contributed by atoms with van der Waals surface area (Å²) in [5.74, 6) is 1.55. The van der Waals surface area contributed by atoms with Gasteiger partial charge in [0.15, 0.2) is 0 Å². The van der Waals surface area contributed by atoms with Gasteiger partial charge in [-0.2, -0.15) is 0 Å². The maximum atomic E-state index is 11.6. The molecule has 0 aliphatic heterocycles. The summed E-state index contributed by atoms with van der Waals surface area (Å²) in [6.07, 6.45) is 1.77. The molecule has 0 saturated heterocycles. The zero-order valence-electron chi connectivity index (χ0n) is 16.0. The molecule has 7 heteroatoms. The van der Waals surface area contributed by atoms with Crippen LogP contribution < -0.4 is 10.6 Å². The first-order valence-electron chi connectivity index (χ1n) is 9.04. The Morgan fingerprint density at radius 3 is 2.41 bits per heavy atom. The number of methoxy groups -OCH3 is 1. The van der Waals surface area contributed by atoms with Crippen molar-refractivity contribution in [1.29, 1.82) is 0 Å². The van der Waals surface area contributed by atoms with E-state index in [0.717, 1.165) is 22.3 Å². The monoisotopic (exact) mass is 385 g/mol. The predicted octanol–water partition coefficient (Wildman–Crippen LogP) is 4.61. The van der Waals surface area contributed by atoms with Crippen LogP contribution >= 0.6 is 0 Å². The van der Waals surface area contributed by atoms with Crippen molar-refractivity contribution in [3.63, 3.8) is 0 Å². The molecular weight excluding hydrogens is 366 g/mol. The predicted molar refractivity (Wildman–Crippen MR) is 113 cm³/mol. The van der Waals surface area contributed by atoms with E-state index in [1.807, 2.05) is 43.3 Å². The summed E-state index contributed by atoms with van der Waals surface area (Å²) in [5.41, 5.74) is 3.03. The molecule has 7 nitrogen and oxygen atoms in total. The molecule has 0 spiro atoms. The van der Waals surface area contributed by atoms with Crippen LogP contribution in [0.2, 0.25) is 0 Å². The van der Waals surface area contributed by atoms with Crippen LogP contribution in [-0.2, 0) is 4.74 Å². The first kappa shape index (κ1) is 18.4. The van der Waals surface area contributed by atoms with Gasteiger partial charge in [0.25, 0.3) is 0 Å². The lowest BCUT2D eigenvalue weighted by molar-refractivity contribution is 0.0601. The highest BCUT2D eigenvalue weighted by Gasteiger charge is 2.08. The van der Waals surface area contributed by atoms with Crippen LogP contribution in [0, 0.1) is 6.92 Å². The molecule has 0 atom stereocenters. The first-order chi connectivity index (χ1) is 14.1. The highest BCUT2D eigenvalue weighted by molar-refractivity contribution is 5.92. The van der Waals surface area contributed by atoms with Crippen LogP contribution in [0.15, 0.2) is 66.9 Å². The van der Waals surface area contributed by atoms with Gasteiger partial charge in [0, 0.05) is 23.3 Å². The van der Waals surface area contributed by atoms with Crippen LogP contribution in [0.3, 0.4) is 0 Å². The standard InChI is InChI=1S/C22H19N5O2/c1-14-24-19(26-17-10-8-16(9-11-17)22(28)29-2)13-20(25-14)27-18-7-3-5-15-6-4-12-23-21(15)18/h3-13H,1-2H3,(H2,24,25,26,27). The van der Waals surface area contributed by atoms with Crippen molar-refractivity contribution < 1.29 is 9.53 Å². The molecule has 0 fully saturated rings. The van der Waals surface area contributed by atoms with Crippen molar-refractivity contribution in [2.24, 2.45) is 0 Å². The second-order valence-corrected chi connectivity index (χ2v) is 6.39. The molecule has 2 heterocycles. The number of aromatic nitrogens is 3. The highest BCUT2D eigenvalue weighted by Crippen LogP contribution is 2.25. The summed E-state index contributed by atoms with van der Waals surface area (Å²) >= 11 is 0. The molecule has 0 aliphatic carbocycles. The Hall–Kier alpha value is -4.00. The van der Waals surface area contributed by atoms with Gasteiger partial charge in [-0.3, -0.25) is 4.98 Å². The number of hydrogen-bond donors (Lipinski definition) is 2. The number of carbonyl (C=O) groups is 1. The summed E-state index contributed by atoms with van der Waals surface area (Å²) < 4.78 is 4.72. The highest BCUT2D eigenvalue weighted by atomic mass is 16.5. The summed E-state index contributed by atoms with van der Waals surface area (Å²) in [6.45, 7) is 1.83. The molecule has 0 radical (unpaired) electrons. The molecule has 29 heavy (non-hydrogen) atoms. The van der Waals surface area contributed by atoms with Gasteiger partial charge in [0.05, 0.1) is 23.9 Å². The first-order valence-corrected chi connectivity index (χ1v) is 9.04. The number of nitrogens with zero attached hydrogens (tertiary/aromatic N) is 3. The van der Waals surface area contributed by atoms with Gasteiger partial charge >= 0.3 is 5.97 Å². The molecule has 0 aliphatic rings. The van der Waals surface area contributed by atoms with Gasteiger partial charge < -0.3 is 15.4 Å². The Balaban J connectivity index is 1.58. The number of hydrogen-bond acceptors (Lipinski definition) is 7. The molecule has 0 saturated carbocycles. The van der Waals surface area contributed by atoms with Gasteiger partial charge in [-0.1, -0.05) is 18.2 Å². The zero-order valence-corrected chi connectivity index (χ0v) is 16.0. The van der Waals surface area contributed by atoms with Crippen molar-refractivity contribution >= 4 is 39.9 Å². The van der Waals surface area contributed by atoms with Gasteiger partial charge in [-0.25, -0.2) is 14.8 Å². The Morgan fingerprint density at radius 1 is 0.931 bits per heavy atom. The zero-order chi connectivity index (χ0) is 20.2. The lowest BCUT2D eigenvalue weighted by Crippen LogP contribution is -2.03. The third-order valence-electron chi connectivity index (χ3n) is 4.31. The van der Waals surface area contributed by atoms with E-state index in [4.69, 9.17) is 4.74 Å². The number of pyridine rings is 1. The lowest BCUT2D eigenvalue weighted by Gasteiger charge is -2.12. The normalized spacial score (nSPS) is 10.6. The molecule has 144 valence electrons. The van der Waals surface area contributed by atoms with Gasteiger partial charge in [0.1, 0.15) is 17.5 Å². The van der Waals surface area contributed by atoms with Gasteiger partial charge in [0.2, 0.25) is 0 Å². The van der Waals surface area contributed by atoms with Gasteiger partial charge in [-0.05, 0) is 43.3 Å². The third-order valence-corrected chi connectivity index (χ3v) is 4.31.